The van der Waals surface area contributed by atoms with Crippen LogP contribution in [0, 0.1) is 0 Å². The lowest BCUT2D eigenvalue weighted by molar-refractivity contribution is 0.0936. The predicted molar refractivity (Wildman–Crippen MR) is 94.3 cm³/mol. The fourth-order valence-electron chi connectivity index (χ4n) is 2.79. The van der Waals surface area contributed by atoms with Crippen LogP contribution < -0.4 is 10.6 Å². The Labute approximate surface area is 148 Å². The Morgan fingerprint density at radius 2 is 1.83 bits per heavy atom. The average molecular weight is 359 g/mol. The molecule has 3 aromatic rings. The number of benzene rings is 2. The molecular formula is C17H12Cl2N4O. The molecule has 4 rings (SSSR count). The summed E-state index contributed by atoms with van der Waals surface area (Å²) < 4.78 is 0. The van der Waals surface area contributed by atoms with E-state index >= 15 is 0 Å². The van der Waals surface area contributed by atoms with Gasteiger partial charge in [-0.1, -0.05) is 53.5 Å². The van der Waals surface area contributed by atoms with Gasteiger partial charge in [-0.05, 0) is 17.7 Å². The second kappa shape index (κ2) is 5.85. The first kappa shape index (κ1) is 15.1. The number of nitrogens with one attached hydrogen (secondary N) is 3. The lowest BCUT2D eigenvalue weighted by atomic mass is 10.0. The third-order valence-electron chi connectivity index (χ3n) is 3.91. The van der Waals surface area contributed by atoms with Crippen LogP contribution in [0.3, 0.4) is 0 Å². The Kier molecular flexibility index (Phi) is 3.67. The summed E-state index contributed by atoms with van der Waals surface area (Å²) >= 11 is 12.2. The maximum absolute atomic E-state index is 12.4. The van der Waals surface area contributed by atoms with E-state index < -0.39 is 6.17 Å². The molecule has 3 N–H and O–H groups in total. The number of aromatic nitrogens is 2. The molecule has 0 spiro atoms. The lowest BCUT2D eigenvalue weighted by Crippen LogP contribution is -2.38. The number of amides is 1. The first-order valence-electron chi connectivity index (χ1n) is 7.28. The van der Waals surface area contributed by atoms with Gasteiger partial charge in [0, 0.05) is 10.6 Å². The molecule has 0 saturated carbocycles. The van der Waals surface area contributed by atoms with Gasteiger partial charge in [-0.15, -0.1) is 0 Å². The summed E-state index contributed by atoms with van der Waals surface area (Å²) in [6.07, 6.45) is 1.24. The molecule has 0 fully saturated rings. The van der Waals surface area contributed by atoms with Gasteiger partial charge >= 0.3 is 0 Å². The van der Waals surface area contributed by atoms with E-state index in [1.807, 2.05) is 30.3 Å². The third kappa shape index (κ3) is 2.52. The van der Waals surface area contributed by atoms with E-state index in [-0.39, 0.29) is 5.91 Å². The number of H-pyrrole nitrogens is 1. The average Bonchev–Trinajstić information content (AvgIpc) is 3.06. The number of carbonyl (C=O) groups is 1. The van der Waals surface area contributed by atoms with Crippen LogP contribution in [-0.2, 0) is 0 Å². The number of anilines is 1. The minimum absolute atomic E-state index is 0.238. The molecule has 120 valence electrons. The van der Waals surface area contributed by atoms with E-state index in [0.717, 1.165) is 16.8 Å². The molecule has 2 heterocycles. The number of hydrogen-bond acceptors (Lipinski definition) is 3. The van der Waals surface area contributed by atoms with Crippen molar-refractivity contribution in [2.75, 3.05) is 5.32 Å². The number of rotatable bonds is 2. The molecule has 0 saturated heterocycles. The molecule has 1 aliphatic heterocycles. The van der Waals surface area contributed by atoms with Crippen molar-refractivity contribution in [3.8, 4) is 11.3 Å². The van der Waals surface area contributed by atoms with Gasteiger partial charge in [0.25, 0.3) is 5.91 Å². The van der Waals surface area contributed by atoms with Crippen molar-refractivity contribution in [3.05, 3.63) is 69.8 Å². The smallest absolute Gasteiger partial charge is 0.255 e. The largest absolute Gasteiger partial charge is 0.360 e. The third-order valence-corrected chi connectivity index (χ3v) is 4.42. The zero-order valence-electron chi connectivity index (χ0n) is 12.3. The van der Waals surface area contributed by atoms with Gasteiger partial charge in [0.1, 0.15) is 6.17 Å². The molecule has 0 bridgehead atoms. The molecule has 1 unspecified atom stereocenters. The SMILES string of the molecule is O=C1NC(c2cn[nH]c2-c2ccccc2)Nc2c(Cl)cc(Cl)cc21. The lowest BCUT2D eigenvalue weighted by Gasteiger charge is -2.28. The number of carbonyl (C=O) groups excluding carboxylic acids is 1. The summed E-state index contributed by atoms with van der Waals surface area (Å²) in [5.41, 5.74) is 3.63. The second-order valence-electron chi connectivity index (χ2n) is 5.43. The summed E-state index contributed by atoms with van der Waals surface area (Å²) in [6, 6.07) is 13.0. The zero-order chi connectivity index (χ0) is 16.7. The van der Waals surface area contributed by atoms with Crippen LogP contribution in [0.5, 0.6) is 0 Å². The van der Waals surface area contributed by atoms with E-state index in [4.69, 9.17) is 23.2 Å². The van der Waals surface area contributed by atoms with Crippen LogP contribution in [0.1, 0.15) is 22.1 Å². The summed E-state index contributed by atoms with van der Waals surface area (Å²) in [5.74, 6) is -0.238. The van der Waals surface area contributed by atoms with Crippen LogP contribution >= 0.6 is 23.2 Å². The van der Waals surface area contributed by atoms with E-state index in [0.29, 0.717) is 21.3 Å². The molecule has 1 amide bonds. The van der Waals surface area contributed by atoms with Crippen LogP contribution in [0.15, 0.2) is 48.7 Å². The van der Waals surface area contributed by atoms with Crippen LogP contribution in [0.2, 0.25) is 10.0 Å². The fourth-order valence-corrected chi connectivity index (χ4v) is 3.34. The van der Waals surface area contributed by atoms with Gasteiger partial charge in [0.2, 0.25) is 0 Å². The highest BCUT2D eigenvalue weighted by Gasteiger charge is 2.29. The van der Waals surface area contributed by atoms with Gasteiger partial charge < -0.3 is 10.6 Å². The second-order valence-corrected chi connectivity index (χ2v) is 6.27. The monoisotopic (exact) mass is 358 g/mol. The number of aromatic amines is 1. The minimum Gasteiger partial charge on any atom is -0.360 e. The molecule has 5 nitrogen and oxygen atoms in total. The van der Waals surface area contributed by atoms with Crippen LogP contribution in [0.25, 0.3) is 11.3 Å². The molecule has 0 radical (unpaired) electrons. The molecule has 1 aromatic heterocycles. The highest BCUT2D eigenvalue weighted by molar-refractivity contribution is 6.37. The molecule has 1 atom stereocenters. The fraction of sp³-hybridized carbons (Fsp3) is 0.0588. The first-order valence-corrected chi connectivity index (χ1v) is 8.04. The minimum atomic E-state index is -0.447. The van der Waals surface area contributed by atoms with E-state index in [1.54, 1.807) is 18.3 Å². The summed E-state index contributed by atoms with van der Waals surface area (Å²) in [7, 11) is 0. The van der Waals surface area contributed by atoms with Gasteiger partial charge in [-0.25, -0.2) is 0 Å². The van der Waals surface area contributed by atoms with Crippen molar-refractivity contribution < 1.29 is 4.79 Å². The Balaban J connectivity index is 1.76. The number of nitrogens with zero attached hydrogens (tertiary/aromatic N) is 1. The summed E-state index contributed by atoms with van der Waals surface area (Å²) in [4.78, 5) is 12.4. The molecule has 24 heavy (non-hydrogen) atoms. The van der Waals surface area contributed by atoms with Crippen molar-refractivity contribution in [3.63, 3.8) is 0 Å². The maximum atomic E-state index is 12.4. The maximum Gasteiger partial charge on any atom is 0.255 e. The van der Waals surface area contributed by atoms with Crippen molar-refractivity contribution in [1.82, 2.24) is 15.5 Å². The van der Waals surface area contributed by atoms with Crippen molar-refractivity contribution >= 4 is 34.8 Å². The van der Waals surface area contributed by atoms with E-state index in [1.165, 1.54) is 0 Å². The predicted octanol–water partition coefficient (Wildman–Crippen LogP) is 4.24. The zero-order valence-corrected chi connectivity index (χ0v) is 13.8. The Hall–Kier alpha value is -2.50. The topological polar surface area (TPSA) is 69.8 Å². The first-order chi connectivity index (χ1) is 11.6. The highest BCUT2D eigenvalue weighted by Crippen LogP contribution is 2.37. The standard InChI is InChI=1S/C17H12Cl2N4O/c18-10-6-11-15(13(19)7-10)21-16(22-17(11)24)12-8-20-23-14(12)9-4-2-1-3-5-9/h1-8,16,21H,(H,20,23)(H,22,24). The van der Waals surface area contributed by atoms with Gasteiger partial charge in [-0.2, -0.15) is 5.10 Å². The summed E-state index contributed by atoms with van der Waals surface area (Å²) in [6.45, 7) is 0. The van der Waals surface area contributed by atoms with Crippen molar-refractivity contribution in [1.29, 1.82) is 0 Å². The Morgan fingerprint density at radius 3 is 2.62 bits per heavy atom. The Bertz CT molecular complexity index is 924. The van der Waals surface area contributed by atoms with Crippen molar-refractivity contribution in [2.24, 2.45) is 0 Å². The van der Waals surface area contributed by atoms with Crippen molar-refractivity contribution in [2.45, 2.75) is 6.17 Å². The quantitative estimate of drug-likeness (QED) is 0.641. The Morgan fingerprint density at radius 1 is 1.04 bits per heavy atom. The molecule has 7 heteroatoms. The number of hydrogen-bond donors (Lipinski definition) is 3. The molecule has 0 aliphatic carbocycles. The number of fused-ring (bicyclic) bond motifs is 1. The van der Waals surface area contributed by atoms with E-state index in [2.05, 4.69) is 20.8 Å². The van der Waals surface area contributed by atoms with Gasteiger partial charge in [-0.3, -0.25) is 9.89 Å². The highest BCUT2D eigenvalue weighted by atomic mass is 35.5. The van der Waals surface area contributed by atoms with Crippen LogP contribution in [-0.4, -0.2) is 16.1 Å². The number of halogens is 2. The van der Waals surface area contributed by atoms with E-state index in [9.17, 15) is 4.79 Å². The molecule has 1 aliphatic rings. The molecular weight excluding hydrogens is 347 g/mol. The normalized spacial score (nSPS) is 16.2. The summed E-state index contributed by atoms with van der Waals surface area (Å²) in [5, 5.41) is 14.1. The van der Waals surface area contributed by atoms with Crippen LogP contribution in [0.4, 0.5) is 5.69 Å². The molecule has 2 aromatic carbocycles. The van der Waals surface area contributed by atoms with Gasteiger partial charge in [0.15, 0.2) is 0 Å². The van der Waals surface area contributed by atoms with Gasteiger partial charge in [0.05, 0.1) is 28.2 Å².